The average Bonchev–Trinajstić information content (AvgIpc) is 2.46. The van der Waals surface area contributed by atoms with E-state index < -0.39 is 21.9 Å². The van der Waals surface area contributed by atoms with Crippen LogP contribution in [0.5, 0.6) is 0 Å². The van der Waals surface area contributed by atoms with E-state index in [2.05, 4.69) is 0 Å². The van der Waals surface area contributed by atoms with Crippen LogP contribution in [0.2, 0.25) is 0 Å². The number of piperidine rings is 1. The first-order valence-electron chi connectivity index (χ1n) is 6.88. The van der Waals surface area contributed by atoms with Gasteiger partial charge in [0.15, 0.2) is 0 Å². The quantitative estimate of drug-likeness (QED) is 0.831. The Morgan fingerprint density at radius 1 is 1.27 bits per heavy atom. The monoisotopic (exact) mass is 326 g/mol. The Morgan fingerprint density at radius 2 is 1.91 bits per heavy atom. The molecule has 1 heterocycles. The number of carboxylic acids is 1. The van der Waals surface area contributed by atoms with Crippen LogP contribution < -0.4 is 5.14 Å². The van der Waals surface area contributed by atoms with Crippen LogP contribution in [-0.2, 0) is 20.6 Å². The van der Waals surface area contributed by atoms with Gasteiger partial charge in [0, 0.05) is 18.7 Å². The number of hydrogen-bond acceptors (Lipinski definition) is 4. The van der Waals surface area contributed by atoms with Gasteiger partial charge in [-0.15, -0.1) is 0 Å². The van der Waals surface area contributed by atoms with Crippen LogP contribution in [0.25, 0.3) is 0 Å². The molecule has 1 amide bonds. The SMILES string of the molecule is NS(=O)(=O)Cc1ccc(C(=O)N2CCCC(C(=O)O)C2)cc1. The molecule has 7 nitrogen and oxygen atoms in total. The first-order valence-corrected chi connectivity index (χ1v) is 8.59. The molecule has 0 spiro atoms. The number of nitrogens with two attached hydrogens (primary N) is 1. The Kier molecular flexibility index (Phi) is 4.82. The molecule has 0 bridgehead atoms. The summed E-state index contributed by atoms with van der Waals surface area (Å²) in [7, 11) is -3.61. The maximum Gasteiger partial charge on any atom is 0.308 e. The van der Waals surface area contributed by atoms with Crippen molar-refractivity contribution in [3.8, 4) is 0 Å². The van der Waals surface area contributed by atoms with E-state index in [1.807, 2.05) is 0 Å². The molecule has 0 radical (unpaired) electrons. The number of nitrogens with zero attached hydrogens (tertiary/aromatic N) is 1. The summed E-state index contributed by atoms with van der Waals surface area (Å²) < 4.78 is 22.0. The zero-order valence-corrected chi connectivity index (χ0v) is 12.8. The molecule has 0 aromatic heterocycles. The number of carbonyl (C=O) groups excluding carboxylic acids is 1. The highest BCUT2D eigenvalue weighted by atomic mass is 32.2. The second-order valence-corrected chi connectivity index (χ2v) is 7.05. The fraction of sp³-hybridized carbons (Fsp3) is 0.429. The molecule has 120 valence electrons. The highest BCUT2D eigenvalue weighted by Gasteiger charge is 2.28. The number of aliphatic carboxylic acids is 1. The van der Waals surface area contributed by atoms with Gasteiger partial charge in [-0.2, -0.15) is 0 Å². The highest BCUT2D eigenvalue weighted by Crippen LogP contribution is 2.19. The minimum atomic E-state index is -3.61. The summed E-state index contributed by atoms with van der Waals surface area (Å²) in [5.74, 6) is -1.94. The van der Waals surface area contributed by atoms with E-state index in [4.69, 9.17) is 10.2 Å². The normalized spacial score (nSPS) is 19.0. The lowest BCUT2D eigenvalue weighted by molar-refractivity contribution is -0.143. The Balaban J connectivity index is 2.08. The van der Waals surface area contributed by atoms with Crippen molar-refractivity contribution in [1.82, 2.24) is 4.90 Å². The number of carbonyl (C=O) groups is 2. The van der Waals surface area contributed by atoms with Crippen molar-refractivity contribution in [2.45, 2.75) is 18.6 Å². The van der Waals surface area contributed by atoms with Crippen LogP contribution in [0.15, 0.2) is 24.3 Å². The maximum atomic E-state index is 12.4. The fourth-order valence-electron chi connectivity index (χ4n) is 2.52. The van der Waals surface area contributed by atoms with Gasteiger partial charge in [-0.3, -0.25) is 9.59 Å². The van der Waals surface area contributed by atoms with E-state index >= 15 is 0 Å². The third kappa shape index (κ3) is 4.28. The predicted molar refractivity (Wildman–Crippen MR) is 79.5 cm³/mol. The molecule has 0 aliphatic carbocycles. The van der Waals surface area contributed by atoms with Crippen molar-refractivity contribution in [1.29, 1.82) is 0 Å². The smallest absolute Gasteiger partial charge is 0.308 e. The molecule has 2 rings (SSSR count). The van der Waals surface area contributed by atoms with Crippen LogP contribution >= 0.6 is 0 Å². The molecule has 0 saturated carbocycles. The molecule has 1 saturated heterocycles. The molecular formula is C14H18N2O5S. The lowest BCUT2D eigenvalue weighted by Crippen LogP contribution is -2.42. The molecule has 1 aromatic rings. The van der Waals surface area contributed by atoms with Gasteiger partial charge in [0.25, 0.3) is 5.91 Å². The lowest BCUT2D eigenvalue weighted by atomic mass is 9.97. The van der Waals surface area contributed by atoms with E-state index in [-0.39, 0.29) is 18.2 Å². The van der Waals surface area contributed by atoms with Crippen molar-refractivity contribution in [3.05, 3.63) is 35.4 Å². The molecule has 1 atom stereocenters. The molecular weight excluding hydrogens is 308 g/mol. The van der Waals surface area contributed by atoms with Gasteiger partial charge < -0.3 is 10.0 Å². The molecule has 1 aliphatic rings. The molecule has 1 unspecified atom stereocenters. The van der Waals surface area contributed by atoms with Crippen molar-refractivity contribution in [2.75, 3.05) is 13.1 Å². The Morgan fingerprint density at radius 3 is 2.45 bits per heavy atom. The van der Waals surface area contributed by atoms with E-state index in [1.165, 1.54) is 29.2 Å². The number of hydrogen-bond donors (Lipinski definition) is 2. The number of likely N-dealkylation sites (tertiary alicyclic amines) is 1. The summed E-state index contributed by atoms with van der Waals surface area (Å²) in [6.45, 7) is 0.731. The van der Waals surface area contributed by atoms with Gasteiger partial charge in [-0.1, -0.05) is 12.1 Å². The van der Waals surface area contributed by atoms with Crippen LogP contribution in [-0.4, -0.2) is 43.4 Å². The van der Waals surface area contributed by atoms with Gasteiger partial charge in [-0.05, 0) is 30.5 Å². The summed E-state index contributed by atoms with van der Waals surface area (Å²) in [6, 6.07) is 6.15. The third-order valence-electron chi connectivity index (χ3n) is 3.63. The summed E-state index contributed by atoms with van der Waals surface area (Å²) in [4.78, 5) is 24.9. The fourth-order valence-corrected chi connectivity index (χ4v) is 3.18. The zero-order chi connectivity index (χ0) is 16.3. The standard InChI is InChI=1S/C14H18N2O5S/c15-22(20,21)9-10-3-5-11(6-4-10)13(17)16-7-1-2-12(8-16)14(18)19/h3-6,12H,1-2,7-9H2,(H,18,19)(H2,15,20,21). The van der Waals surface area contributed by atoms with Gasteiger partial charge in [-0.25, -0.2) is 13.6 Å². The zero-order valence-electron chi connectivity index (χ0n) is 11.9. The second kappa shape index (κ2) is 6.45. The Hall–Kier alpha value is -1.93. The summed E-state index contributed by atoms with van der Waals surface area (Å²) in [5, 5.41) is 14.0. The summed E-state index contributed by atoms with van der Waals surface area (Å²) in [6.07, 6.45) is 1.23. The largest absolute Gasteiger partial charge is 0.481 e. The van der Waals surface area contributed by atoms with Crippen molar-refractivity contribution in [2.24, 2.45) is 11.1 Å². The predicted octanol–water partition coefficient (Wildman–Crippen LogP) is 0.412. The molecule has 8 heteroatoms. The topological polar surface area (TPSA) is 118 Å². The average molecular weight is 326 g/mol. The lowest BCUT2D eigenvalue weighted by Gasteiger charge is -2.30. The van der Waals surface area contributed by atoms with E-state index in [9.17, 15) is 18.0 Å². The van der Waals surface area contributed by atoms with Crippen LogP contribution in [0, 0.1) is 5.92 Å². The minimum absolute atomic E-state index is 0.201. The van der Waals surface area contributed by atoms with Gasteiger partial charge in [0.05, 0.1) is 11.7 Å². The van der Waals surface area contributed by atoms with Gasteiger partial charge >= 0.3 is 5.97 Å². The van der Waals surface area contributed by atoms with Crippen LogP contribution in [0.3, 0.4) is 0 Å². The van der Waals surface area contributed by atoms with Crippen molar-refractivity contribution in [3.63, 3.8) is 0 Å². The molecule has 3 N–H and O–H groups in total. The molecule has 1 aromatic carbocycles. The molecule has 1 fully saturated rings. The highest BCUT2D eigenvalue weighted by molar-refractivity contribution is 7.88. The van der Waals surface area contributed by atoms with Crippen molar-refractivity contribution >= 4 is 21.9 Å². The number of amides is 1. The van der Waals surface area contributed by atoms with Gasteiger partial charge in [0.2, 0.25) is 10.0 Å². The van der Waals surface area contributed by atoms with E-state index in [0.717, 1.165) is 0 Å². The molecule has 22 heavy (non-hydrogen) atoms. The summed E-state index contributed by atoms with van der Waals surface area (Å²) in [5.41, 5.74) is 0.908. The Bertz CT molecular complexity index is 669. The second-order valence-electron chi connectivity index (χ2n) is 5.43. The first-order chi connectivity index (χ1) is 10.3. The molecule has 1 aliphatic heterocycles. The minimum Gasteiger partial charge on any atom is -0.481 e. The number of primary sulfonamides is 1. The van der Waals surface area contributed by atoms with Crippen LogP contribution in [0.4, 0.5) is 0 Å². The van der Waals surface area contributed by atoms with Gasteiger partial charge in [0.1, 0.15) is 0 Å². The summed E-state index contributed by atoms with van der Waals surface area (Å²) >= 11 is 0. The maximum absolute atomic E-state index is 12.4. The number of sulfonamides is 1. The van der Waals surface area contributed by atoms with Crippen molar-refractivity contribution < 1.29 is 23.1 Å². The number of rotatable bonds is 4. The first kappa shape index (κ1) is 16.4. The third-order valence-corrected chi connectivity index (χ3v) is 4.36. The number of carboxylic acid groups (broad SMARTS) is 1. The number of benzene rings is 1. The van der Waals surface area contributed by atoms with E-state index in [0.29, 0.717) is 30.5 Å². The Labute approximate surface area is 128 Å². The van der Waals surface area contributed by atoms with E-state index in [1.54, 1.807) is 0 Å². The van der Waals surface area contributed by atoms with Crippen LogP contribution in [0.1, 0.15) is 28.8 Å².